The number of rotatable bonds is 5. The molecule has 4 nitrogen and oxygen atoms in total. The van der Waals surface area contributed by atoms with Gasteiger partial charge in [-0.05, 0) is 50.6 Å². The van der Waals surface area contributed by atoms with Crippen LogP contribution < -0.4 is 5.73 Å². The van der Waals surface area contributed by atoms with Crippen molar-refractivity contribution in [3.8, 4) is 6.07 Å². The molecule has 0 amide bonds. The van der Waals surface area contributed by atoms with E-state index < -0.39 is 11.9 Å². The highest BCUT2D eigenvalue weighted by Crippen LogP contribution is 2.38. The van der Waals surface area contributed by atoms with Crippen molar-refractivity contribution in [1.29, 1.82) is 5.26 Å². The number of benzene rings is 1. The summed E-state index contributed by atoms with van der Waals surface area (Å²) in [6, 6.07) is 9.11. The van der Waals surface area contributed by atoms with E-state index in [0.717, 1.165) is 23.3 Å². The zero-order valence-corrected chi connectivity index (χ0v) is 17.7. The molecule has 2 rings (SSSR count). The highest BCUT2D eigenvalue weighted by molar-refractivity contribution is 6.11. The minimum Gasteiger partial charge on any atom is -0.394 e. The van der Waals surface area contributed by atoms with Crippen LogP contribution in [0.5, 0.6) is 0 Å². The molecule has 0 saturated heterocycles. The predicted octanol–water partition coefficient (Wildman–Crippen LogP) is 4.82. The number of aliphatic imine (C=N–C) groups is 1. The Labute approximate surface area is 175 Å². The predicted molar refractivity (Wildman–Crippen MR) is 115 cm³/mol. The van der Waals surface area contributed by atoms with E-state index in [1.165, 1.54) is 6.21 Å². The van der Waals surface area contributed by atoms with Gasteiger partial charge in [-0.2, -0.15) is 18.4 Å². The van der Waals surface area contributed by atoms with Gasteiger partial charge in [0.25, 0.3) is 0 Å². The van der Waals surface area contributed by atoms with Gasteiger partial charge in [0, 0.05) is 42.9 Å². The van der Waals surface area contributed by atoms with Gasteiger partial charge in [-0.1, -0.05) is 29.8 Å². The number of hydrogen-bond donors (Lipinski definition) is 1. The van der Waals surface area contributed by atoms with Gasteiger partial charge >= 0.3 is 6.18 Å². The van der Waals surface area contributed by atoms with E-state index in [9.17, 15) is 18.4 Å². The maximum absolute atomic E-state index is 13.5. The third-order valence-electron chi connectivity index (χ3n) is 5.04. The second kappa shape index (κ2) is 9.77. The summed E-state index contributed by atoms with van der Waals surface area (Å²) in [7, 11) is 1.97. The Morgan fingerprint density at radius 3 is 2.63 bits per heavy atom. The molecule has 0 spiro atoms. The van der Waals surface area contributed by atoms with E-state index in [1.54, 1.807) is 32.0 Å². The van der Waals surface area contributed by atoms with Crippen LogP contribution in [-0.4, -0.2) is 44.0 Å². The van der Waals surface area contributed by atoms with Crippen molar-refractivity contribution >= 4 is 11.8 Å². The Hall–Kier alpha value is -2.85. The van der Waals surface area contributed by atoms with Crippen molar-refractivity contribution in [2.45, 2.75) is 32.9 Å². The first-order chi connectivity index (χ1) is 14.1. The third-order valence-corrected chi connectivity index (χ3v) is 5.04. The lowest BCUT2D eigenvalue weighted by Crippen LogP contribution is -2.33. The number of nitriles is 1. The lowest BCUT2D eigenvalue weighted by Gasteiger charge is -2.34. The van der Waals surface area contributed by atoms with E-state index in [4.69, 9.17) is 5.73 Å². The Kier molecular flexibility index (Phi) is 7.63. The van der Waals surface area contributed by atoms with Gasteiger partial charge in [-0.3, -0.25) is 4.99 Å². The average molecular weight is 416 g/mol. The molecule has 0 saturated carbocycles. The van der Waals surface area contributed by atoms with E-state index in [1.807, 2.05) is 26.1 Å². The first kappa shape index (κ1) is 23.4. The standard InChI is InChI=1S/C23H27F3N4/c1-5-29-12-20(22(28)23(24,25)26)17-8-6-7-9-18(17)21-14-30(4)13-16(3)19(21)10-15(2)11-27/h6-10,12,21H,5,13-14,28H2,1-4H3/b15-10+,22-20+,29-12?/t21-/m0/s1. The SMILES string of the molecule is CCN=C/C(=C(\N)C(F)(F)F)c1ccccc1[C@@H]1CN(C)CC(C)=C1/C=C(\C)C#N. The fraction of sp³-hybridized carbons (Fsp3) is 0.391. The number of alkyl halides is 3. The molecule has 0 bridgehead atoms. The lowest BCUT2D eigenvalue weighted by atomic mass is 9.80. The average Bonchev–Trinajstić information content (AvgIpc) is 2.69. The van der Waals surface area contributed by atoms with Crippen LogP contribution >= 0.6 is 0 Å². The molecule has 1 aliphatic heterocycles. The van der Waals surface area contributed by atoms with Gasteiger partial charge < -0.3 is 10.6 Å². The maximum atomic E-state index is 13.5. The van der Waals surface area contributed by atoms with Crippen LogP contribution in [0.1, 0.15) is 37.8 Å². The number of nitrogens with two attached hydrogens (primary N) is 1. The highest BCUT2D eigenvalue weighted by Gasteiger charge is 2.35. The molecule has 2 N–H and O–H groups in total. The number of likely N-dealkylation sites (N-methyl/N-ethyl adjacent to an activating group) is 1. The van der Waals surface area contributed by atoms with Crippen molar-refractivity contribution in [2.75, 3.05) is 26.7 Å². The van der Waals surface area contributed by atoms with Crippen LogP contribution in [0.25, 0.3) is 5.57 Å². The minimum absolute atomic E-state index is 0.133. The number of halogens is 3. The van der Waals surface area contributed by atoms with Gasteiger partial charge in [-0.15, -0.1) is 0 Å². The molecule has 0 fully saturated rings. The molecule has 160 valence electrons. The molecule has 1 heterocycles. The summed E-state index contributed by atoms with van der Waals surface area (Å²) < 4.78 is 40.5. The Bertz CT molecular complexity index is 946. The van der Waals surface area contributed by atoms with Crippen LogP contribution in [-0.2, 0) is 0 Å². The van der Waals surface area contributed by atoms with Crippen molar-refractivity contribution in [3.63, 3.8) is 0 Å². The molecule has 0 aliphatic carbocycles. The zero-order chi connectivity index (χ0) is 22.5. The van der Waals surface area contributed by atoms with E-state index in [0.29, 0.717) is 24.2 Å². The molecule has 0 unspecified atom stereocenters. The summed E-state index contributed by atoms with van der Waals surface area (Å²) in [5, 5.41) is 9.25. The molecule has 30 heavy (non-hydrogen) atoms. The number of allylic oxidation sites excluding steroid dienone is 4. The first-order valence-electron chi connectivity index (χ1n) is 9.72. The quantitative estimate of drug-likeness (QED) is 0.553. The fourth-order valence-corrected chi connectivity index (χ4v) is 3.69. The summed E-state index contributed by atoms with van der Waals surface area (Å²) in [6.07, 6.45) is -1.63. The van der Waals surface area contributed by atoms with Crippen molar-refractivity contribution in [3.05, 3.63) is 63.9 Å². The minimum atomic E-state index is -4.67. The Balaban J connectivity index is 2.76. The summed E-state index contributed by atoms with van der Waals surface area (Å²) >= 11 is 0. The van der Waals surface area contributed by atoms with Crippen molar-refractivity contribution in [2.24, 2.45) is 10.7 Å². The first-order valence-corrected chi connectivity index (χ1v) is 9.72. The maximum Gasteiger partial charge on any atom is 0.431 e. The highest BCUT2D eigenvalue weighted by atomic mass is 19.4. The molecule has 1 aromatic rings. The molecule has 1 aromatic carbocycles. The number of hydrogen-bond acceptors (Lipinski definition) is 4. The Morgan fingerprint density at radius 2 is 2.03 bits per heavy atom. The third kappa shape index (κ3) is 5.39. The van der Waals surface area contributed by atoms with Crippen LogP contribution in [0.15, 0.2) is 57.8 Å². The summed E-state index contributed by atoms with van der Waals surface area (Å²) in [5.74, 6) is -0.200. The van der Waals surface area contributed by atoms with E-state index >= 15 is 0 Å². The lowest BCUT2D eigenvalue weighted by molar-refractivity contribution is -0.0918. The molecule has 0 aromatic heterocycles. The van der Waals surface area contributed by atoms with E-state index in [2.05, 4.69) is 16.0 Å². The summed E-state index contributed by atoms with van der Waals surface area (Å²) in [4.78, 5) is 6.16. The molecule has 1 aliphatic rings. The molecular weight excluding hydrogens is 389 g/mol. The van der Waals surface area contributed by atoms with Gasteiger partial charge in [-0.25, -0.2) is 0 Å². The van der Waals surface area contributed by atoms with Crippen LogP contribution in [0.2, 0.25) is 0 Å². The van der Waals surface area contributed by atoms with Gasteiger partial charge in [0.1, 0.15) is 5.70 Å². The zero-order valence-electron chi connectivity index (χ0n) is 17.7. The monoisotopic (exact) mass is 416 g/mol. The number of nitrogens with zero attached hydrogens (tertiary/aromatic N) is 3. The van der Waals surface area contributed by atoms with Crippen molar-refractivity contribution in [1.82, 2.24) is 4.90 Å². The summed E-state index contributed by atoms with van der Waals surface area (Å²) in [6.45, 7) is 7.15. The van der Waals surface area contributed by atoms with Gasteiger partial charge in [0.15, 0.2) is 0 Å². The normalized spacial score (nSPS) is 19.8. The second-order valence-corrected chi connectivity index (χ2v) is 7.46. The summed E-state index contributed by atoms with van der Waals surface area (Å²) in [5.41, 5.74) is 7.96. The molecular formula is C23H27F3N4. The van der Waals surface area contributed by atoms with Crippen molar-refractivity contribution < 1.29 is 13.2 Å². The van der Waals surface area contributed by atoms with Crippen LogP contribution in [0, 0.1) is 11.3 Å². The topological polar surface area (TPSA) is 65.4 Å². The second-order valence-electron chi connectivity index (χ2n) is 7.46. The van der Waals surface area contributed by atoms with Crippen LogP contribution in [0.4, 0.5) is 13.2 Å². The fourth-order valence-electron chi connectivity index (χ4n) is 3.69. The van der Waals surface area contributed by atoms with E-state index in [-0.39, 0.29) is 11.5 Å². The van der Waals surface area contributed by atoms with Gasteiger partial charge in [0.2, 0.25) is 0 Å². The molecule has 7 heteroatoms. The molecule has 1 atom stereocenters. The Morgan fingerprint density at radius 1 is 1.37 bits per heavy atom. The van der Waals surface area contributed by atoms with Gasteiger partial charge in [0.05, 0.1) is 6.07 Å². The largest absolute Gasteiger partial charge is 0.431 e. The smallest absolute Gasteiger partial charge is 0.394 e. The van der Waals surface area contributed by atoms with Crippen LogP contribution in [0.3, 0.4) is 0 Å². The molecule has 0 radical (unpaired) electrons.